The molecule has 100 valence electrons. The van der Waals surface area contributed by atoms with Gasteiger partial charge in [-0.1, -0.05) is 18.2 Å². The van der Waals surface area contributed by atoms with Crippen LogP contribution in [-0.4, -0.2) is 21.4 Å². The Morgan fingerprint density at radius 3 is 2.74 bits per heavy atom. The summed E-state index contributed by atoms with van der Waals surface area (Å²) >= 11 is 0. The number of hydrogen-bond acceptors (Lipinski definition) is 4. The molecular formula is C14H18N4O. The van der Waals surface area contributed by atoms with Gasteiger partial charge in [0.15, 0.2) is 11.6 Å². The summed E-state index contributed by atoms with van der Waals surface area (Å²) in [6.45, 7) is 1.17. The lowest BCUT2D eigenvalue weighted by Gasteiger charge is -2.22. The maximum atomic E-state index is 5.82. The molecule has 0 amide bonds. The van der Waals surface area contributed by atoms with Crippen molar-refractivity contribution >= 4 is 0 Å². The van der Waals surface area contributed by atoms with Gasteiger partial charge in [0.25, 0.3) is 0 Å². The van der Waals surface area contributed by atoms with Crippen LogP contribution in [0.1, 0.15) is 37.0 Å². The summed E-state index contributed by atoms with van der Waals surface area (Å²) in [7, 11) is 0. The van der Waals surface area contributed by atoms with Crippen LogP contribution in [-0.2, 0) is 11.3 Å². The predicted molar refractivity (Wildman–Crippen MR) is 71.8 cm³/mol. The molecule has 0 radical (unpaired) electrons. The zero-order chi connectivity index (χ0) is 13.1. The highest BCUT2D eigenvalue weighted by molar-refractivity contribution is 5.34. The van der Waals surface area contributed by atoms with E-state index in [9.17, 15) is 0 Å². The van der Waals surface area contributed by atoms with Gasteiger partial charge < -0.3 is 10.5 Å². The summed E-state index contributed by atoms with van der Waals surface area (Å²) in [5, 5.41) is 8.49. The largest absolute Gasteiger partial charge is 0.370 e. The van der Waals surface area contributed by atoms with Gasteiger partial charge in [-0.15, -0.1) is 10.2 Å². The average molecular weight is 258 g/mol. The molecule has 1 aromatic carbocycles. The van der Waals surface area contributed by atoms with E-state index < -0.39 is 0 Å². The third-order valence-electron chi connectivity index (χ3n) is 3.42. The Morgan fingerprint density at radius 2 is 2.05 bits per heavy atom. The number of benzene rings is 1. The summed E-state index contributed by atoms with van der Waals surface area (Å²) in [5.74, 6) is 1.64. The monoisotopic (exact) mass is 258 g/mol. The average Bonchev–Trinajstić information content (AvgIpc) is 2.93. The molecule has 1 aliphatic heterocycles. The number of nitrogens with two attached hydrogens (primary N) is 1. The molecule has 1 saturated heterocycles. The van der Waals surface area contributed by atoms with Crippen LogP contribution in [0, 0.1) is 0 Å². The molecule has 1 fully saturated rings. The molecule has 3 rings (SSSR count). The lowest BCUT2D eigenvalue weighted by molar-refractivity contribution is 0.00832. The van der Waals surface area contributed by atoms with Crippen molar-refractivity contribution in [3.8, 4) is 5.69 Å². The van der Waals surface area contributed by atoms with Gasteiger partial charge in [0.05, 0.1) is 6.54 Å². The highest BCUT2D eigenvalue weighted by Gasteiger charge is 2.24. The standard InChI is InChI=1S/C14H18N4O/c15-10-13-16-17-14(12-8-4-5-9-19-12)18(13)11-6-2-1-3-7-11/h1-3,6-7,12H,4-5,8-10,15H2. The number of nitrogens with zero attached hydrogens (tertiary/aromatic N) is 3. The highest BCUT2D eigenvalue weighted by Crippen LogP contribution is 2.28. The van der Waals surface area contributed by atoms with E-state index in [1.165, 1.54) is 6.42 Å². The lowest BCUT2D eigenvalue weighted by atomic mass is 10.1. The van der Waals surface area contributed by atoms with E-state index in [2.05, 4.69) is 10.2 Å². The molecule has 2 heterocycles. The molecule has 5 heteroatoms. The first-order valence-electron chi connectivity index (χ1n) is 6.71. The van der Waals surface area contributed by atoms with Crippen molar-refractivity contribution in [1.29, 1.82) is 0 Å². The molecule has 0 aliphatic carbocycles. The van der Waals surface area contributed by atoms with Gasteiger partial charge in [0.2, 0.25) is 0 Å². The quantitative estimate of drug-likeness (QED) is 0.914. The molecule has 1 aromatic heterocycles. The highest BCUT2D eigenvalue weighted by atomic mass is 16.5. The van der Waals surface area contributed by atoms with Gasteiger partial charge >= 0.3 is 0 Å². The molecular weight excluding hydrogens is 240 g/mol. The van der Waals surface area contributed by atoms with Crippen molar-refractivity contribution in [2.75, 3.05) is 6.61 Å². The van der Waals surface area contributed by atoms with E-state index in [4.69, 9.17) is 10.5 Å². The van der Waals surface area contributed by atoms with Crippen molar-refractivity contribution in [2.24, 2.45) is 5.73 Å². The van der Waals surface area contributed by atoms with Gasteiger partial charge in [-0.05, 0) is 31.4 Å². The second-order valence-electron chi connectivity index (χ2n) is 4.70. The molecule has 1 aliphatic rings. The maximum absolute atomic E-state index is 5.82. The third-order valence-corrected chi connectivity index (χ3v) is 3.42. The minimum absolute atomic E-state index is 0.0294. The second kappa shape index (κ2) is 5.50. The summed E-state index contributed by atoms with van der Waals surface area (Å²) in [6, 6.07) is 10.1. The Labute approximate surface area is 112 Å². The van der Waals surface area contributed by atoms with E-state index in [1.54, 1.807) is 0 Å². The van der Waals surface area contributed by atoms with Crippen LogP contribution in [0.25, 0.3) is 5.69 Å². The van der Waals surface area contributed by atoms with Crippen LogP contribution in [0.3, 0.4) is 0 Å². The molecule has 1 unspecified atom stereocenters. The number of ether oxygens (including phenoxy) is 1. The van der Waals surface area contributed by atoms with Crippen molar-refractivity contribution in [1.82, 2.24) is 14.8 Å². The molecule has 19 heavy (non-hydrogen) atoms. The zero-order valence-electron chi connectivity index (χ0n) is 10.8. The van der Waals surface area contributed by atoms with Crippen LogP contribution in [0.5, 0.6) is 0 Å². The third kappa shape index (κ3) is 2.39. The SMILES string of the molecule is NCc1nnc(C2CCCCO2)n1-c1ccccc1. The fraction of sp³-hybridized carbons (Fsp3) is 0.429. The lowest BCUT2D eigenvalue weighted by Crippen LogP contribution is -2.17. The van der Waals surface area contributed by atoms with Gasteiger partial charge in [0, 0.05) is 12.3 Å². The van der Waals surface area contributed by atoms with Crippen LogP contribution in [0.15, 0.2) is 30.3 Å². The predicted octanol–water partition coefficient (Wildman–Crippen LogP) is 1.97. The zero-order valence-corrected chi connectivity index (χ0v) is 10.8. The normalized spacial score (nSPS) is 19.5. The van der Waals surface area contributed by atoms with Crippen LogP contribution < -0.4 is 5.73 Å². The van der Waals surface area contributed by atoms with Crippen molar-refractivity contribution in [3.05, 3.63) is 42.0 Å². The second-order valence-corrected chi connectivity index (χ2v) is 4.70. The Kier molecular flexibility index (Phi) is 3.57. The van der Waals surface area contributed by atoms with Crippen molar-refractivity contribution in [2.45, 2.75) is 31.9 Å². The summed E-state index contributed by atoms with van der Waals surface area (Å²) < 4.78 is 7.84. The fourth-order valence-electron chi connectivity index (χ4n) is 2.47. The van der Waals surface area contributed by atoms with Gasteiger partial charge in [-0.25, -0.2) is 0 Å². The number of aromatic nitrogens is 3. The van der Waals surface area contributed by atoms with E-state index >= 15 is 0 Å². The van der Waals surface area contributed by atoms with E-state index in [0.717, 1.165) is 36.8 Å². The topological polar surface area (TPSA) is 66.0 Å². The first kappa shape index (κ1) is 12.3. The smallest absolute Gasteiger partial charge is 0.166 e. The van der Waals surface area contributed by atoms with E-state index in [1.807, 2.05) is 34.9 Å². The number of hydrogen-bond donors (Lipinski definition) is 1. The van der Waals surface area contributed by atoms with Crippen LogP contribution in [0.4, 0.5) is 0 Å². The first-order chi connectivity index (χ1) is 9.40. The van der Waals surface area contributed by atoms with Crippen LogP contribution in [0.2, 0.25) is 0 Å². The Balaban J connectivity index is 2.03. The summed E-state index contributed by atoms with van der Waals surface area (Å²) in [6.07, 6.45) is 3.32. The molecule has 1 atom stereocenters. The maximum Gasteiger partial charge on any atom is 0.166 e. The summed E-state index contributed by atoms with van der Waals surface area (Å²) in [4.78, 5) is 0. The minimum atomic E-state index is 0.0294. The molecule has 2 N–H and O–H groups in total. The minimum Gasteiger partial charge on any atom is -0.370 e. The number of para-hydroxylation sites is 1. The van der Waals surface area contributed by atoms with Crippen molar-refractivity contribution < 1.29 is 4.74 Å². The first-order valence-corrected chi connectivity index (χ1v) is 6.71. The molecule has 5 nitrogen and oxygen atoms in total. The van der Waals surface area contributed by atoms with Gasteiger partial charge in [-0.2, -0.15) is 0 Å². The molecule has 0 saturated carbocycles. The Hall–Kier alpha value is -1.72. The van der Waals surface area contributed by atoms with Crippen LogP contribution >= 0.6 is 0 Å². The summed E-state index contributed by atoms with van der Waals surface area (Å²) in [5.41, 5.74) is 6.81. The molecule has 0 spiro atoms. The van der Waals surface area contributed by atoms with Crippen molar-refractivity contribution in [3.63, 3.8) is 0 Å². The van der Waals surface area contributed by atoms with Gasteiger partial charge in [-0.3, -0.25) is 4.57 Å². The Morgan fingerprint density at radius 1 is 1.21 bits per heavy atom. The Bertz CT molecular complexity index is 532. The fourth-order valence-corrected chi connectivity index (χ4v) is 2.47. The molecule has 0 bridgehead atoms. The van der Waals surface area contributed by atoms with Gasteiger partial charge in [0.1, 0.15) is 6.10 Å². The van der Waals surface area contributed by atoms with E-state index in [0.29, 0.717) is 6.54 Å². The molecule has 2 aromatic rings. The number of rotatable bonds is 3. The van der Waals surface area contributed by atoms with E-state index in [-0.39, 0.29) is 6.10 Å².